The second kappa shape index (κ2) is 5.33. The van der Waals surface area contributed by atoms with E-state index in [2.05, 4.69) is 45.7 Å². The fraction of sp³-hybridized carbons (Fsp3) is 0.500. The Morgan fingerprint density at radius 3 is 2.50 bits per heavy atom. The van der Waals surface area contributed by atoms with E-state index in [1.165, 1.54) is 0 Å². The molecular weight excluding hydrogens is 360 g/mol. The average Bonchev–Trinajstić information content (AvgIpc) is 2.33. The number of ether oxygens (including phenoxy) is 1. The summed E-state index contributed by atoms with van der Waals surface area (Å²) in [6.07, 6.45) is 2.24. The first-order chi connectivity index (χ1) is 8.53. The Kier molecular flexibility index (Phi) is 4.17. The number of carbonyl (C=O) groups excluding carboxylic acids is 1. The zero-order valence-corrected chi connectivity index (χ0v) is 13.7. The van der Waals surface area contributed by atoms with Gasteiger partial charge in [-0.1, -0.05) is 29.8 Å². The molecule has 18 heavy (non-hydrogen) atoms. The second-order valence-corrected chi connectivity index (χ2v) is 6.44. The van der Waals surface area contributed by atoms with E-state index in [-0.39, 0.29) is 11.5 Å². The van der Waals surface area contributed by atoms with E-state index in [4.69, 9.17) is 4.74 Å². The minimum Gasteiger partial charge on any atom is -0.488 e. The van der Waals surface area contributed by atoms with Gasteiger partial charge in [-0.25, -0.2) is 0 Å². The van der Waals surface area contributed by atoms with Crippen LogP contribution in [0.15, 0.2) is 27.1 Å². The maximum atomic E-state index is 11.9. The summed E-state index contributed by atoms with van der Waals surface area (Å²) in [7, 11) is 0. The topological polar surface area (TPSA) is 26.3 Å². The first-order valence-electron chi connectivity index (χ1n) is 6.18. The van der Waals surface area contributed by atoms with Crippen molar-refractivity contribution in [3.05, 3.63) is 27.1 Å². The van der Waals surface area contributed by atoms with Crippen LogP contribution in [0.5, 0.6) is 5.75 Å². The Morgan fingerprint density at radius 2 is 2.00 bits per heavy atom. The van der Waals surface area contributed by atoms with Crippen LogP contribution in [0.4, 0.5) is 0 Å². The zero-order valence-electron chi connectivity index (χ0n) is 10.5. The predicted molar refractivity (Wildman–Crippen MR) is 78.9 cm³/mol. The van der Waals surface area contributed by atoms with Crippen LogP contribution in [0.25, 0.3) is 0 Å². The highest BCUT2D eigenvalue weighted by Crippen LogP contribution is 2.46. The third-order valence-electron chi connectivity index (χ3n) is 3.97. The molecule has 1 aromatic rings. The van der Waals surface area contributed by atoms with Crippen LogP contribution in [0, 0.1) is 5.41 Å². The molecule has 1 aromatic carbocycles. The molecule has 1 atom stereocenters. The highest BCUT2D eigenvalue weighted by Gasteiger charge is 2.53. The Balaban J connectivity index is 2.17. The molecule has 0 bridgehead atoms. The Bertz CT molecular complexity index is 467. The number of benzene rings is 1. The Hall–Kier alpha value is -0.350. The minimum absolute atomic E-state index is 0.0116. The minimum atomic E-state index is -0.271. The van der Waals surface area contributed by atoms with Crippen molar-refractivity contribution < 1.29 is 9.53 Å². The van der Waals surface area contributed by atoms with Crippen LogP contribution >= 0.6 is 31.9 Å². The number of carbonyl (C=O) groups is 1. The summed E-state index contributed by atoms with van der Waals surface area (Å²) >= 11 is 6.90. The average molecular weight is 376 g/mol. The molecule has 0 aromatic heterocycles. The van der Waals surface area contributed by atoms with Gasteiger partial charge in [0.15, 0.2) is 0 Å². The number of halogens is 2. The van der Waals surface area contributed by atoms with Gasteiger partial charge in [-0.2, -0.15) is 0 Å². The molecule has 2 rings (SSSR count). The van der Waals surface area contributed by atoms with Gasteiger partial charge in [0.2, 0.25) is 0 Å². The summed E-state index contributed by atoms with van der Waals surface area (Å²) in [4.78, 5) is 11.9. The SMILES string of the molecule is CCC1(CC)C(=O)CC1Oc1ccc(Br)cc1Br. The first kappa shape index (κ1) is 14.1. The molecule has 2 nitrogen and oxygen atoms in total. The third-order valence-corrected chi connectivity index (χ3v) is 5.08. The molecule has 1 saturated carbocycles. The van der Waals surface area contributed by atoms with E-state index in [1.807, 2.05) is 18.2 Å². The summed E-state index contributed by atoms with van der Waals surface area (Å²) < 4.78 is 7.93. The summed E-state index contributed by atoms with van der Waals surface area (Å²) in [6.45, 7) is 4.13. The number of Topliss-reactive ketones (excluding diaryl/α,β-unsaturated/α-hetero) is 1. The summed E-state index contributed by atoms with van der Waals surface area (Å²) in [5.41, 5.74) is -0.271. The fourth-order valence-corrected chi connectivity index (χ4v) is 3.73. The van der Waals surface area contributed by atoms with Crippen molar-refractivity contribution in [3.63, 3.8) is 0 Å². The quantitative estimate of drug-likeness (QED) is 0.759. The van der Waals surface area contributed by atoms with Gasteiger partial charge in [0.1, 0.15) is 17.6 Å². The van der Waals surface area contributed by atoms with Crippen molar-refractivity contribution in [3.8, 4) is 5.75 Å². The lowest BCUT2D eigenvalue weighted by molar-refractivity contribution is -0.153. The molecule has 0 saturated heterocycles. The number of hydrogen-bond acceptors (Lipinski definition) is 2. The Labute approximate surface area is 124 Å². The zero-order chi connectivity index (χ0) is 13.3. The molecule has 0 aliphatic heterocycles. The molecule has 1 aliphatic carbocycles. The van der Waals surface area contributed by atoms with E-state index in [1.54, 1.807) is 0 Å². The van der Waals surface area contributed by atoms with E-state index >= 15 is 0 Å². The largest absolute Gasteiger partial charge is 0.488 e. The van der Waals surface area contributed by atoms with Gasteiger partial charge in [0.05, 0.1) is 9.89 Å². The van der Waals surface area contributed by atoms with E-state index in [0.717, 1.165) is 27.5 Å². The molecule has 0 radical (unpaired) electrons. The van der Waals surface area contributed by atoms with Crippen LogP contribution in [0.2, 0.25) is 0 Å². The van der Waals surface area contributed by atoms with Crippen molar-refractivity contribution in [1.29, 1.82) is 0 Å². The lowest BCUT2D eigenvalue weighted by Gasteiger charge is -2.46. The van der Waals surface area contributed by atoms with Crippen LogP contribution < -0.4 is 4.74 Å². The molecular formula is C14H16Br2O2. The summed E-state index contributed by atoms with van der Waals surface area (Å²) in [5.74, 6) is 1.15. The third kappa shape index (κ3) is 2.25. The van der Waals surface area contributed by atoms with Gasteiger partial charge in [0.25, 0.3) is 0 Å². The first-order valence-corrected chi connectivity index (χ1v) is 7.77. The van der Waals surface area contributed by atoms with E-state index < -0.39 is 0 Å². The smallest absolute Gasteiger partial charge is 0.146 e. The van der Waals surface area contributed by atoms with Crippen molar-refractivity contribution in [2.24, 2.45) is 5.41 Å². The van der Waals surface area contributed by atoms with Gasteiger partial charge < -0.3 is 4.74 Å². The van der Waals surface area contributed by atoms with Crippen molar-refractivity contribution in [1.82, 2.24) is 0 Å². The van der Waals surface area contributed by atoms with Crippen molar-refractivity contribution >= 4 is 37.6 Å². The molecule has 1 fully saturated rings. The summed E-state index contributed by atoms with van der Waals surface area (Å²) in [6, 6.07) is 5.82. The summed E-state index contributed by atoms with van der Waals surface area (Å²) in [5, 5.41) is 0. The van der Waals surface area contributed by atoms with Gasteiger partial charge in [-0.3, -0.25) is 4.79 Å². The molecule has 1 unspecified atom stereocenters. The van der Waals surface area contributed by atoms with Gasteiger partial charge >= 0.3 is 0 Å². The predicted octanol–water partition coefficient (Wildman–Crippen LogP) is 4.74. The lowest BCUT2D eigenvalue weighted by Crippen LogP contribution is -2.56. The van der Waals surface area contributed by atoms with Gasteiger partial charge in [-0.15, -0.1) is 0 Å². The van der Waals surface area contributed by atoms with Gasteiger partial charge in [0, 0.05) is 10.9 Å². The molecule has 0 N–H and O–H groups in total. The van der Waals surface area contributed by atoms with Crippen LogP contribution in [-0.4, -0.2) is 11.9 Å². The highest BCUT2D eigenvalue weighted by molar-refractivity contribution is 9.11. The second-order valence-electron chi connectivity index (χ2n) is 4.67. The van der Waals surface area contributed by atoms with E-state index in [9.17, 15) is 4.79 Å². The molecule has 0 spiro atoms. The van der Waals surface area contributed by atoms with Gasteiger partial charge in [-0.05, 0) is 47.0 Å². The van der Waals surface area contributed by atoms with Crippen LogP contribution in [-0.2, 0) is 4.79 Å². The maximum Gasteiger partial charge on any atom is 0.146 e. The molecule has 0 heterocycles. The monoisotopic (exact) mass is 374 g/mol. The van der Waals surface area contributed by atoms with E-state index in [0.29, 0.717) is 12.2 Å². The molecule has 0 amide bonds. The van der Waals surface area contributed by atoms with Crippen LogP contribution in [0.1, 0.15) is 33.1 Å². The molecule has 4 heteroatoms. The highest BCUT2D eigenvalue weighted by atomic mass is 79.9. The normalized spacial score (nSPS) is 21.6. The lowest BCUT2D eigenvalue weighted by atomic mass is 9.61. The number of hydrogen-bond donors (Lipinski definition) is 0. The molecule has 1 aliphatic rings. The maximum absolute atomic E-state index is 11.9. The number of rotatable bonds is 4. The Morgan fingerprint density at radius 1 is 1.33 bits per heavy atom. The van der Waals surface area contributed by atoms with Crippen LogP contribution in [0.3, 0.4) is 0 Å². The van der Waals surface area contributed by atoms with Crippen molar-refractivity contribution in [2.75, 3.05) is 0 Å². The fourth-order valence-electron chi connectivity index (χ4n) is 2.59. The molecule has 98 valence electrons. The van der Waals surface area contributed by atoms with Crippen molar-refractivity contribution in [2.45, 2.75) is 39.2 Å². The number of ketones is 1. The standard InChI is InChI=1S/C14H16Br2O2/c1-3-14(4-2)12(17)8-13(14)18-11-6-5-9(15)7-10(11)16/h5-7,13H,3-4,8H2,1-2H3.